The Morgan fingerprint density at radius 1 is 1.38 bits per heavy atom. The second-order valence-electron chi connectivity index (χ2n) is 4.06. The lowest BCUT2D eigenvalue weighted by atomic mass is 10.1. The fraction of sp³-hybridized carbons (Fsp3) is 0.417. The van der Waals surface area contributed by atoms with Gasteiger partial charge in [-0.15, -0.1) is 12.4 Å². The van der Waals surface area contributed by atoms with E-state index in [-0.39, 0.29) is 24.9 Å². The Balaban J connectivity index is 0.00000128. The highest BCUT2D eigenvalue weighted by atomic mass is 35.5. The molecule has 0 aromatic heterocycles. The van der Waals surface area contributed by atoms with E-state index in [2.05, 4.69) is 17.4 Å². The lowest BCUT2D eigenvalue weighted by molar-refractivity contribution is -0.119. The molecule has 1 aromatic carbocycles. The summed E-state index contributed by atoms with van der Waals surface area (Å²) in [6.45, 7) is 0.0918. The molecular weight excluding hydrogens is 224 g/mol. The van der Waals surface area contributed by atoms with Crippen LogP contribution in [0.15, 0.2) is 30.3 Å². The first-order valence-corrected chi connectivity index (χ1v) is 5.33. The van der Waals surface area contributed by atoms with Gasteiger partial charge < -0.3 is 11.1 Å². The third kappa shape index (κ3) is 3.51. The van der Waals surface area contributed by atoms with Crippen molar-refractivity contribution >= 4 is 18.3 Å². The minimum atomic E-state index is -0.0458. The minimum Gasteiger partial charge on any atom is -0.352 e. The molecule has 0 heterocycles. The summed E-state index contributed by atoms with van der Waals surface area (Å²) in [5.74, 6) is 0.554. The molecule has 0 spiro atoms. The number of amides is 1. The van der Waals surface area contributed by atoms with Crippen molar-refractivity contribution in [2.75, 3.05) is 6.54 Å². The van der Waals surface area contributed by atoms with Gasteiger partial charge in [-0.2, -0.15) is 0 Å². The quantitative estimate of drug-likeness (QED) is 0.829. The molecule has 1 aliphatic rings. The van der Waals surface area contributed by atoms with Crippen molar-refractivity contribution < 1.29 is 4.79 Å². The first kappa shape index (κ1) is 13.0. The summed E-state index contributed by atoms with van der Waals surface area (Å²) in [7, 11) is 0. The van der Waals surface area contributed by atoms with Crippen LogP contribution in [0.2, 0.25) is 0 Å². The first-order valence-electron chi connectivity index (χ1n) is 5.33. The fourth-order valence-electron chi connectivity index (χ4n) is 1.83. The predicted octanol–water partition coefficient (Wildman–Crippen LogP) is 1.11. The van der Waals surface area contributed by atoms with Crippen molar-refractivity contribution in [1.29, 1.82) is 0 Å². The smallest absolute Gasteiger partial charge is 0.233 e. The van der Waals surface area contributed by atoms with Crippen LogP contribution in [0, 0.1) is 5.92 Å². The maximum absolute atomic E-state index is 11.0. The van der Waals surface area contributed by atoms with Crippen molar-refractivity contribution in [2.24, 2.45) is 11.7 Å². The van der Waals surface area contributed by atoms with Gasteiger partial charge in [0, 0.05) is 6.04 Å². The summed E-state index contributed by atoms with van der Waals surface area (Å²) in [4.78, 5) is 11.0. The first-order chi connectivity index (χ1) is 7.29. The second-order valence-corrected chi connectivity index (χ2v) is 4.06. The Hall–Kier alpha value is -1.06. The van der Waals surface area contributed by atoms with Gasteiger partial charge in [-0.3, -0.25) is 4.79 Å². The molecule has 16 heavy (non-hydrogen) atoms. The Morgan fingerprint density at radius 2 is 2.06 bits per heavy atom. The van der Waals surface area contributed by atoms with Crippen LogP contribution in [0.5, 0.6) is 0 Å². The molecule has 1 saturated carbocycles. The van der Waals surface area contributed by atoms with Crippen molar-refractivity contribution in [3.8, 4) is 0 Å². The van der Waals surface area contributed by atoms with Crippen LogP contribution < -0.4 is 11.1 Å². The van der Waals surface area contributed by atoms with Crippen LogP contribution in [0.3, 0.4) is 0 Å². The molecular formula is C12H17ClN2O. The van der Waals surface area contributed by atoms with Crippen molar-refractivity contribution in [1.82, 2.24) is 5.32 Å². The summed E-state index contributed by atoms with van der Waals surface area (Å²) in [6.07, 6.45) is 2.14. The molecule has 0 aliphatic heterocycles. The third-order valence-corrected chi connectivity index (χ3v) is 2.80. The van der Waals surface area contributed by atoms with Gasteiger partial charge in [0.25, 0.3) is 0 Å². The highest BCUT2D eigenvalue weighted by Crippen LogP contribution is 2.33. The van der Waals surface area contributed by atoms with Gasteiger partial charge in [-0.25, -0.2) is 0 Å². The average Bonchev–Trinajstić information content (AvgIpc) is 2.97. The van der Waals surface area contributed by atoms with Gasteiger partial charge in [0.2, 0.25) is 5.91 Å². The molecule has 0 radical (unpaired) electrons. The van der Waals surface area contributed by atoms with E-state index in [0.717, 1.165) is 12.8 Å². The van der Waals surface area contributed by atoms with Crippen LogP contribution in [-0.4, -0.2) is 18.5 Å². The highest BCUT2D eigenvalue weighted by molar-refractivity contribution is 5.85. The van der Waals surface area contributed by atoms with Crippen LogP contribution in [-0.2, 0) is 11.2 Å². The molecule has 3 nitrogen and oxygen atoms in total. The number of hydrogen-bond acceptors (Lipinski definition) is 2. The molecule has 3 N–H and O–H groups in total. The molecule has 1 aromatic rings. The molecule has 2 unspecified atom stereocenters. The van der Waals surface area contributed by atoms with E-state index in [1.807, 2.05) is 18.2 Å². The Labute approximate surface area is 102 Å². The van der Waals surface area contributed by atoms with Crippen LogP contribution in [0.4, 0.5) is 0 Å². The summed E-state index contributed by atoms with van der Waals surface area (Å²) < 4.78 is 0. The monoisotopic (exact) mass is 240 g/mol. The van der Waals surface area contributed by atoms with E-state index in [4.69, 9.17) is 5.73 Å². The SMILES string of the molecule is Cl.NCC(=O)NC1CC1Cc1ccccc1. The standard InChI is InChI=1S/C12H16N2O.ClH/c13-8-12(15)14-11-7-10(11)6-9-4-2-1-3-5-9;/h1-5,10-11H,6-8,13H2,(H,14,15);1H. The fourth-order valence-corrected chi connectivity index (χ4v) is 1.83. The maximum atomic E-state index is 11.0. The van der Waals surface area contributed by atoms with Crippen molar-refractivity contribution in [3.63, 3.8) is 0 Å². The van der Waals surface area contributed by atoms with Crippen molar-refractivity contribution in [3.05, 3.63) is 35.9 Å². The Kier molecular flexibility index (Phi) is 4.77. The molecule has 0 bridgehead atoms. The molecule has 1 aliphatic carbocycles. The van der Waals surface area contributed by atoms with Crippen LogP contribution >= 0.6 is 12.4 Å². The lowest BCUT2D eigenvalue weighted by Gasteiger charge is -2.02. The number of halogens is 1. The normalized spacial score (nSPS) is 22.1. The second kappa shape index (κ2) is 5.87. The molecule has 4 heteroatoms. The molecule has 2 atom stereocenters. The van der Waals surface area contributed by atoms with E-state index in [1.165, 1.54) is 5.56 Å². The van der Waals surface area contributed by atoms with E-state index in [1.54, 1.807) is 0 Å². The summed E-state index contributed by atoms with van der Waals surface area (Å²) >= 11 is 0. The number of rotatable bonds is 4. The van der Waals surface area contributed by atoms with Crippen LogP contribution in [0.25, 0.3) is 0 Å². The number of carbonyl (C=O) groups is 1. The van der Waals surface area contributed by atoms with E-state index in [9.17, 15) is 4.79 Å². The number of benzene rings is 1. The number of nitrogens with two attached hydrogens (primary N) is 1. The molecule has 88 valence electrons. The number of nitrogens with one attached hydrogen (secondary N) is 1. The number of hydrogen-bond donors (Lipinski definition) is 2. The molecule has 0 saturated heterocycles. The summed E-state index contributed by atoms with van der Waals surface area (Å²) in [6, 6.07) is 10.7. The zero-order valence-corrected chi connectivity index (χ0v) is 9.87. The van der Waals surface area contributed by atoms with Gasteiger partial charge in [0.15, 0.2) is 0 Å². The zero-order chi connectivity index (χ0) is 10.7. The van der Waals surface area contributed by atoms with E-state index >= 15 is 0 Å². The minimum absolute atomic E-state index is 0. The van der Waals surface area contributed by atoms with Gasteiger partial charge in [0.05, 0.1) is 6.54 Å². The van der Waals surface area contributed by atoms with E-state index in [0.29, 0.717) is 12.0 Å². The van der Waals surface area contributed by atoms with Gasteiger partial charge in [-0.1, -0.05) is 30.3 Å². The topological polar surface area (TPSA) is 55.1 Å². The van der Waals surface area contributed by atoms with Gasteiger partial charge in [-0.05, 0) is 24.3 Å². The summed E-state index contributed by atoms with van der Waals surface area (Å²) in [5, 5.41) is 2.91. The maximum Gasteiger partial charge on any atom is 0.233 e. The predicted molar refractivity (Wildman–Crippen MR) is 66.5 cm³/mol. The van der Waals surface area contributed by atoms with Gasteiger partial charge >= 0.3 is 0 Å². The summed E-state index contributed by atoms with van der Waals surface area (Å²) in [5.41, 5.74) is 6.57. The highest BCUT2D eigenvalue weighted by Gasteiger charge is 2.37. The molecule has 2 rings (SSSR count). The van der Waals surface area contributed by atoms with Crippen LogP contribution in [0.1, 0.15) is 12.0 Å². The van der Waals surface area contributed by atoms with Gasteiger partial charge in [0.1, 0.15) is 0 Å². The van der Waals surface area contributed by atoms with Crippen molar-refractivity contribution in [2.45, 2.75) is 18.9 Å². The van der Waals surface area contributed by atoms with E-state index < -0.39 is 0 Å². The number of carbonyl (C=O) groups excluding carboxylic acids is 1. The largest absolute Gasteiger partial charge is 0.352 e. The molecule has 1 amide bonds. The lowest BCUT2D eigenvalue weighted by Crippen LogP contribution is -2.32. The Bertz CT molecular complexity index is 342. The zero-order valence-electron chi connectivity index (χ0n) is 9.06. The third-order valence-electron chi connectivity index (χ3n) is 2.80. The Morgan fingerprint density at radius 3 is 2.69 bits per heavy atom. The molecule has 1 fully saturated rings. The average molecular weight is 241 g/mol.